The Morgan fingerprint density at radius 2 is 2.18 bits per heavy atom. The fourth-order valence-corrected chi connectivity index (χ4v) is 1.06. The second kappa shape index (κ2) is 5.24. The van der Waals surface area contributed by atoms with Crippen LogP contribution in [0.15, 0.2) is 23.4 Å². The number of halogens is 2. The molecule has 1 unspecified atom stereocenters. The molecule has 0 aliphatic rings. The van der Waals surface area contributed by atoms with Gasteiger partial charge >= 0.3 is 0 Å². The highest BCUT2D eigenvalue weighted by molar-refractivity contribution is 6.07. The van der Waals surface area contributed by atoms with Gasteiger partial charge in [-0.3, -0.25) is 4.79 Å². The first-order valence-corrected chi connectivity index (χ1v) is 4.69. The van der Waals surface area contributed by atoms with Crippen LogP contribution >= 0.6 is 0 Å². The average molecular weight is 243 g/mol. The van der Waals surface area contributed by atoms with Gasteiger partial charge in [-0.15, -0.1) is 0 Å². The molecule has 0 fully saturated rings. The molecule has 0 aliphatic carbocycles. The van der Waals surface area contributed by atoms with Gasteiger partial charge in [0.2, 0.25) is 5.91 Å². The lowest BCUT2D eigenvalue weighted by atomic mass is 10.1. The third-order valence-electron chi connectivity index (χ3n) is 2.16. The van der Waals surface area contributed by atoms with Crippen LogP contribution in [0.3, 0.4) is 0 Å². The second-order valence-electron chi connectivity index (χ2n) is 3.34. The van der Waals surface area contributed by atoms with Crippen LogP contribution in [0.5, 0.6) is 0 Å². The Morgan fingerprint density at radius 1 is 1.53 bits per heavy atom. The Kier molecular flexibility index (Phi) is 3.97. The number of rotatable bonds is 3. The molecule has 0 heterocycles. The molecule has 17 heavy (non-hydrogen) atoms. The molecule has 0 spiro atoms. The zero-order chi connectivity index (χ0) is 13.0. The number of benzene rings is 1. The molecule has 1 aromatic carbocycles. The van der Waals surface area contributed by atoms with Gasteiger partial charge < -0.3 is 16.3 Å². The number of carbonyl (C=O) groups excluding carboxylic acids is 1. The second-order valence-corrected chi connectivity index (χ2v) is 3.34. The third-order valence-corrected chi connectivity index (χ3v) is 2.16. The lowest BCUT2D eigenvalue weighted by molar-refractivity contribution is -0.117. The van der Waals surface area contributed by atoms with E-state index in [1.54, 1.807) is 0 Å². The quantitative estimate of drug-likeness (QED) is 0.323. The minimum atomic E-state index is -1.16. The van der Waals surface area contributed by atoms with Crippen molar-refractivity contribution in [3.8, 4) is 0 Å². The molecule has 0 saturated carbocycles. The standard InChI is InChI=1S/C10H11F2N3O2/c1-5(9(13)15-17)10(16)14-7-4-2-3-6(11)8(7)12/h2-5,17H,1H3,(H2,13,15)(H,14,16). The topological polar surface area (TPSA) is 87.7 Å². The summed E-state index contributed by atoms with van der Waals surface area (Å²) >= 11 is 0. The van der Waals surface area contributed by atoms with Gasteiger partial charge in [0.05, 0.1) is 11.6 Å². The lowest BCUT2D eigenvalue weighted by Crippen LogP contribution is -2.32. The van der Waals surface area contributed by atoms with Crippen molar-refractivity contribution in [1.29, 1.82) is 0 Å². The monoisotopic (exact) mass is 243 g/mol. The molecule has 7 heteroatoms. The number of nitrogens with two attached hydrogens (primary N) is 1. The van der Waals surface area contributed by atoms with Crippen molar-refractivity contribution < 1.29 is 18.8 Å². The fourth-order valence-electron chi connectivity index (χ4n) is 1.06. The van der Waals surface area contributed by atoms with E-state index in [4.69, 9.17) is 10.9 Å². The number of anilines is 1. The highest BCUT2D eigenvalue weighted by atomic mass is 19.2. The van der Waals surface area contributed by atoms with E-state index in [1.807, 2.05) is 0 Å². The maximum Gasteiger partial charge on any atom is 0.235 e. The number of hydrogen-bond donors (Lipinski definition) is 3. The van der Waals surface area contributed by atoms with E-state index in [0.29, 0.717) is 0 Å². The minimum Gasteiger partial charge on any atom is -0.409 e. The van der Waals surface area contributed by atoms with E-state index in [1.165, 1.54) is 19.1 Å². The van der Waals surface area contributed by atoms with Crippen molar-refractivity contribution in [2.75, 3.05) is 5.32 Å². The Labute approximate surface area is 95.9 Å². The van der Waals surface area contributed by atoms with Gasteiger partial charge in [0.25, 0.3) is 0 Å². The first kappa shape index (κ1) is 12.9. The van der Waals surface area contributed by atoms with Gasteiger partial charge in [0.1, 0.15) is 0 Å². The van der Waals surface area contributed by atoms with Crippen molar-refractivity contribution in [2.45, 2.75) is 6.92 Å². The summed E-state index contributed by atoms with van der Waals surface area (Å²) in [5.41, 5.74) is 4.91. The summed E-state index contributed by atoms with van der Waals surface area (Å²) < 4.78 is 26.0. The summed E-state index contributed by atoms with van der Waals surface area (Å²) in [6, 6.07) is 3.38. The number of amidine groups is 1. The summed E-state index contributed by atoms with van der Waals surface area (Å²) in [5, 5.41) is 13.2. The van der Waals surface area contributed by atoms with E-state index >= 15 is 0 Å². The van der Waals surface area contributed by atoms with E-state index < -0.39 is 23.5 Å². The van der Waals surface area contributed by atoms with Gasteiger partial charge in [0, 0.05) is 0 Å². The Hall–Kier alpha value is -2.18. The maximum atomic E-state index is 13.2. The minimum absolute atomic E-state index is 0.299. The molecular weight excluding hydrogens is 232 g/mol. The lowest BCUT2D eigenvalue weighted by Gasteiger charge is -2.11. The number of nitrogens with one attached hydrogen (secondary N) is 1. The smallest absolute Gasteiger partial charge is 0.235 e. The number of amides is 1. The van der Waals surface area contributed by atoms with Crippen LogP contribution in [0, 0.1) is 17.6 Å². The summed E-state index contributed by atoms with van der Waals surface area (Å²) in [4.78, 5) is 11.5. The fraction of sp³-hybridized carbons (Fsp3) is 0.200. The largest absolute Gasteiger partial charge is 0.409 e. The number of oxime groups is 1. The predicted molar refractivity (Wildman–Crippen MR) is 57.6 cm³/mol. The van der Waals surface area contributed by atoms with Gasteiger partial charge in [-0.1, -0.05) is 11.2 Å². The molecule has 4 N–H and O–H groups in total. The summed E-state index contributed by atoms with van der Waals surface area (Å²) in [7, 11) is 0. The summed E-state index contributed by atoms with van der Waals surface area (Å²) in [6.07, 6.45) is 0. The molecule has 0 aromatic heterocycles. The van der Waals surface area contributed by atoms with Crippen LogP contribution in [0.25, 0.3) is 0 Å². The molecule has 0 bridgehead atoms. The van der Waals surface area contributed by atoms with Gasteiger partial charge in [-0.25, -0.2) is 8.78 Å². The highest BCUT2D eigenvalue weighted by Crippen LogP contribution is 2.17. The molecule has 1 aromatic rings. The summed E-state index contributed by atoms with van der Waals surface area (Å²) in [6.45, 7) is 1.36. The zero-order valence-electron chi connectivity index (χ0n) is 8.95. The Bertz CT molecular complexity index is 463. The normalized spacial score (nSPS) is 13.2. The van der Waals surface area contributed by atoms with Crippen LogP contribution < -0.4 is 11.1 Å². The SMILES string of the molecule is CC(C(=O)Nc1cccc(F)c1F)C(N)=NO. The van der Waals surface area contributed by atoms with Crippen LogP contribution in [0.2, 0.25) is 0 Å². The first-order chi connectivity index (χ1) is 7.97. The van der Waals surface area contributed by atoms with Gasteiger partial charge in [0.15, 0.2) is 17.5 Å². The molecule has 1 rings (SSSR count). The molecule has 0 saturated heterocycles. The number of nitrogens with zero attached hydrogens (tertiary/aromatic N) is 1. The Morgan fingerprint density at radius 3 is 2.76 bits per heavy atom. The van der Waals surface area contributed by atoms with Crippen LogP contribution in [0.1, 0.15) is 6.92 Å². The van der Waals surface area contributed by atoms with Crippen LogP contribution in [0.4, 0.5) is 14.5 Å². The molecule has 1 atom stereocenters. The van der Waals surface area contributed by atoms with Crippen molar-refractivity contribution in [2.24, 2.45) is 16.8 Å². The highest BCUT2D eigenvalue weighted by Gasteiger charge is 2.19. The Balaban J connectivity index is 2.85. The van der Waals surface area contributed by atoms with Gasteiger partial charge in [-0.2, -0.15) is 0 Å². The van der Waals surface area contributed by atoms with Crippen molar-refractivity contribution >= 4 is 17.4 Å². The zero-order valence-corrected chi connectivity index (χ0v) is 8.95. The first-order valence-electron chi connectivity index (χ1n) is 4.69. The van der Waals surface area contributed by atoms with E-state index in [2.05, 4.69) is 10.5 Å². The number of carbonyl (C=O) groups is 1. The van der Waals surface area contributed by atoms with Crippen molar-refractivity contribution in [1.82, 2.24) is 0 Å². The molecule has 0 aliphatic heterocycles. The summed E-state index contributed by atoms with van der Waals surface area (Å²) in [5.74, 6) is -4.21. The van der Waals surface area contributed by atoms with E-state index in [9.17, 15) is 13.6 Å². The maximum absolute atomic E-state index is 13.2. The van der Waals surface area contributed by atoms with Crippen molar-refractivity contribution in [3.05, 3.63) is 29.8 Å². The van der Waals surface area contributed by atoms with E-state index in [0.717, 1.165) is 6.07 Å². The van der Waals surface area contributed by atoms with Crippen LogP contribution in [-0.2, 0) is 4.79 Å². The number of hydrogen-bond acceptors (Lipinski definition) is 3. The van der Waals surface area contributed by atoms with Crippen molar-refractivity contribution in [3.63, 3.8) is 0 Å². The molecule has 0 radical (unpaired) electrons. The van der Waals surface area contributed by atoms with Gasteiger partial charge in [-0.05, 0) is 19.1 Å². The van der Waals surface area contributed by atoms with E-state index in [-0.39, 0.29) is 11.5 Å². The predicted octanol–water partition coefficient (Wildman–Crippen LogP) is 1.29. The third kappa shape index (κ3) is 2.90. The molecule has 1 amide bonds. The average Bonchev–Trinajstić information content (AvgIpc) is 2.32. The van der Waals surface area contributed by atoms with Crippen LogP contribution in [-0.4, -0.2) is 17.0 Å². The molecular formula is C10H11F2N3O2. The molecule has 92 valence electrons. The molecule has 5 nitrogen and oxygen atoms in total.